The summed E-state index contributed by atoms with van der Waals surface area (Å²) in [5.41, 5.74) is 5.95. The quantitative estimate of drug-likeness (QED) is 0.709. The number of rotatable bonds is 8. The fraction of sp³-hybridized carbons (Fsp3) is 1.00. The van der Waals surface area contributed by atoms with Gasteiger partial charge in [-0.3, -0.25) is 4.90 Å². The van der Waals surface area contributed by atoms with Crippen LogP contribution in [0, 0.1) is 5.92 Å². The van der Waals surface area contributed by atoms with E-state index in [1.165, 1.54) is 0 Å². The van der Waals surface area contributed by atoms with Crippen molar-refractivity contribution in [1.29, 1.82) is 0 Å². The molecule has 2 unspecified atom stereocenters. The Balaban J connectivity index is 4.85. The Morgan fingerprint density at radius 3 is 2.25 bits per heavy atom. The van der Waals surface area contributed by atoms with E-state index in [9.17, 15) is 0 Å². The number of methoxy groups -OCH3 is 1. The van der Waals surface area contributed by atoms with Crippen LogP contribution in [0.15, 0.2) is 0 Å². The second-order valence-corrected chi connectivity index (χ2v) is 5.72. The van der Waals surface area contributed by atoms with Crippen LogP contribution in [-0.4, -0.2) is 55.8 Å². The van der Waals surface area contributed by atoms with Crippen LogP contribution in [0.2, 0.25) is 0 Å². The van der Waals surface area contributed by atoms with Gasteiger partial charge in [0.25, 0.3) is 0 Å². The van der Waals surface area contributed by atoms with Crippen molar-refractivity contribution >= 4 is 11.8 Å². The van der Waals surface area contributed by atoms with Gasteiger partial charge in [-0.2, -0.15) is 11.8 Å². The number of ether oxygens (including phenoxy) is 1. The van der Waals surface area contributed by atoms with E-state index in [1.807, 2.05) is 11.8 Å². The van der Waals surface area contributed by atoms with Gasteiger partial charge in [0, 0.05) is 25.4 Å². The highest BCUT2D eigenvalue weighted by Gasteiger charge is 2.38. The second kappa shape index (κ2) is 7.54. The first-order valence-electron chi connectivity index (χ1n) is 5.87. The van der Waals surface area contributed by atoms with Crippen molar-refractivity contribution in [2.45, 2.75) is 32.4 Å². The summed E-state index contributed by atoms with van der Waals surface area (Å²) in [6.07, 6.45) is 2.14. The van der Waals surface area contributed by atoms with Crippen molar-refractivity contribution in [1.82, 2.24) is 4.90 Å². The molecule has 0 radical (unpaired) electrons. The summed E-state index contributed by atoms with van der Waals surface area (Å²) in [6, 6.07) is 0.510. The van der Waals surface area contributed by atoms with Crippen LogP contribution in [-0.2, 0) is 4.74 Å². The lowest BCUT2D eigenvalue weighted by Gasteiger charge is -2.46. The summed E-state index contributed by atoms with van der Waals surface area (Å²) in [4.78, 5) is 2.39. The average Bonchev–Trinajstić information content (AvgIpc) is 2.24. The minimum Gasteiger partial charge on any atom is -0.383 e. The van der Waals surface area contributed by atoms with Crippen LogP contribution in [0.1, 0.15) is 20.8 Å². The largest absolute Gasteiger partial charge is 0.383 e. The van der Waals surface area contributed by atoms with Crippen LogP contribution in [0.5, 0.6) is 0 Å². The normalized spacial score (nSPS) is 17.8. The molecule has 2 N–H and O–H groups in total. The molecule has 0 aliphatic carbocycles. The van der Waals surface area contributed by atoms with E-state index in [4.69, 9.17) is 10.5 Å². The fourth-order valence-corrected chi connectivity index (χ4v) is 2.86. The summed E-state index contributed by atoms with van der Waals surface area (Å²) >= 11 is 1.87. The van der Waals surface area contributed by atoms with Gasteiger partial charge in [-0.25, -0.2) is 0 Å². The van der Waals surface area contributed by atoms with Crippen LogP contribution in [0.3, 0.4) is 0 Å². The van der Waals surface area contributed by atoms with Crippen LogP contribution in [0.25, 0.3) is 0 Å². The molecular weight excluding hydrogens is 220 g/mol. The first-order chi connectivity index (χ1) is 7.46. The maximum atomic E-state index is 6.00. The highest BCUT2D eigenvalue weighted by molar-refractivity contribution is 7.98. The fourth-order valence-electron chi connectivity index (χ4n) is 2.16. The summed E-state index contributed by atoms with van der Waals surface area (Å²) in [5, 5.41) is 0. The lowest BCUT2D eigenvalue weighted by Crippen LogP contribution is -2.61. The molecule has 0 aromatic heterocycles. The monoisotopic (exact) mass is 248 g/mol. The van der Waals surface area contributed by atoms with Crippen LogP contribution in [0.4, 0.5) is 0 Å². The molecule has 16 heavy (non-hydrogen) atoms. The SMILES string of the molecule is COCC(CN)(C(C)C)N(C)C(C)CSC. The summed E-state index contributed by atoms with van der Waals surface area (Å²) in [5.74, 6) is 1.60. The molecule has 0 aliphatic heterocycles. The minimum absolute atomic E-state index is 0.0517. The highest BCUT2D eigenvalue weighted by Crippen LogP contribution is 2.26. The summed E-state index contributed by atoms with van der Waals surface area (Å²) in [7, 11) is 3.91. The number of nitrogens with zero attached hydrogens (tertiary/aromatic N) is 1. The molecule has 4 heteroatoms. The topological polar surface area (TPSA) is 38.5 Å². The molecule has 0 amide bonds. The van der Waals surface area contributed by atoms with Gasteiger partial charge in [-0.05, 0) is 26.1 Å². The van der Waals surface area contributed by atoms with Crippen molar-refractivity contribution in [2.24, 2.45) is 11.7 Å². The van der Waals surface area contributed by atoms with Gasteiger partial charge >= 0.3 is 0 Å². The second-order valence-electron chi connectivity index (χ2n) is 4.81. The summed E-state index contributed by atoms with van der Waals surface area (Å²) in [6.45, 7) is 8.01. The maximum absolute atomic E-state index is 6.00. The van der Waals surface area contributed by atoms with Crippen molar-refractivity contribution in [3.8, 4) is 0 Å². The van der Waals surface area contributed by atoms with E-state index in [0.717, 1.165) is 5.75 Å². The highest BCUT2D eigenvalue weighted by atomic mass is 32.2. The van der Waals surface area contributed by atoms with Crippen molar-refractivity contribution in [2.75, 3.05) is 39.3 Å². The van der Waals surface area contributed by atoms with Crippen LogP contribution < -0.4 is 5.73 Å². The first-order valence-corrected chi connectivity index (χ1v) is 7.26. The Morgan fingerprint density at radius 2 is 1.94 bits per heavy atom. The van der Waals surface area contributed by atoms with Gasteiger partial charge in [-0.15, -0.1) is 0 Å². The molecule has 2 atom stereocenters. The van der Waals surface area contributed by atoms with E-state index in [2.05, 4.69) is 39.0 Å². The molecule has 3 nitrogen and oxygen atoms in total. The van der Waals surface area contributed by atoms with Gasteiger partial charge < -0.3 is 10.5 Å². The zero-order valence-electron chi connectivity index (χ0n) is 11.6. The van der Waals surface area contributed by atoms with Crippen molar-refractivity contribution in [3.05, 3.63) is 0 Å². The van der Waals surface area contributed by atoms with E-state index in [1.54, 1.807) is 7.11 Å². The van der Waals surface area contributed by atoms with Gasteiger partial charge in [0.1, 0.15) is 0 Å². The van der Waals surface area contributed by atoms with Crippen molar-refractivity contribution in [3.63, 3.8) is 0 Å². The Hall–Kier alpha value is 0.230. The number of likely N-dealkylation sites (N-methyl/N-ethyl adjacent to an activating group) is 1. The van der Waals surface area contributed by atoms with E-state index in [-0.39, 0.29) is 5.54 Å². The Labute approximate surface area is 105 Å². The molecule has 0 bridgehead atoms. The number of hydrogen-bond acceptors (Lipinski definition) is 4. The van der Waals surface area contributed by atoms with Gasteiger partial charge in [0.2, 0.25) is 0 Å². The molecule has 0 spiro atoms. The first kappa shape index (κ1) is 16.2. The maximum Gasteiger partial charge on any atom is 0.0661 e. The average molecular weight is 248 g/mol. The van der Waals surface area contributed by atoms with E-state index >= 15 is 0 Å². The third kappa shape index (κ3) is 3.62. The summed E-state index contributed by atoms with van der Waals surface area (Å²) < 4.78 is 5.38. The standard InChI is InChI=1S/C12H28N2OS/c1-10(2)12(8-13,9-15-5)14(4)11(3)7-16-6/h10-11H,7-9,13H2,1-6H3. The van der Waals surface area contributed by atoms with Crippen LogP contribution >= 0.6 is 11.8 Å². The zero-order chi connectivity index (χ0) is 12.8. The lowest BCUT2D eigenvalue weighted by atomic mass is 9.84. The number of hydrogen-bond donors (Lipinski definition) is 1. The zero-order valence-corrected chi connectivity index (χ0v) is 12.4. The molecule has 98 valence electrons. The molecule has 0 fully saturated rings. The smallest absolute Gasteiger partial charge is 0.0661 e. The molecule has 0 rings (SSSR count). The van der Waals surface area contributed by atoms with Gasteiger partial charge in [0.05, 0.1) is 12.1 Å². The Bertz CT molecular complexity index is 190. The third-order valence-corrected chi connectivity index (χ3v) is 4.41. The van der Waals surface area contributed by atoms with Gasteiger partial charge in [-0.1, -0.05) is 13.8 Å². The Kier molecular flexibility index (Phi) is 7.64. The molecule has 0 heterocycles. The van der Waals surface area contributed by atoms with Crippen molar-refractivity contribution < 1.29 is 4.74 Å². The molecule has 0 saturated heterocycles. The van der Waals surface area contributed by atoms with E-state index in [0.29, 0.717) is 25.1 Å². The number of thioether (sulfide) groups is 1. The Morgan fingerprint density at radius 1 is 1.38 bits per heavy atom. The molecule has 0 aliphatic rings. The lowest BCUT2D eigenvalue weighted by molar-refractivity contribution is -0.0160. The molecular formula is C12H28N2OS. The predicted octanol–water partition coefficient (Wildman–Crippen LogP) is 1.67. The minimum atomic E-state index is -0.0517. The molecule has 0 saturated carbocycles. The number of nitrogens with two attached hydrogens (primary N) is 1. The van der Waals surface area contributed by atoms with E-state index < -0.39 is 0 Å². The molecule has 0 aromatic rings. The molecule has 0 aromatic carbocycles. The van der Waals surface area contributed by atoms with Gasteiger partial charge in [0.15, 0.2) is 0 Å². The third-order valence-electron chi connectivity index (χ3n) is 3.59. The predicted molar refractivity (Wildman–Crippen MR) is 74.1 cm³/mol.